The zero-order valence-corrected chi connectivity index (χ0v) is 12.5. The van der Waals surface area contributed by atoms with Crippen LogP contribution in [0.4, 0.5) is 8.78 Å². The van der Waals surface area contributed by atoms with Crippen LogP contribution in [0.25, 0.3) is 0 Å². The van der Waals surface area contributed by atoms with Crippen LogP contribution < -0.4 is 9.47 Å². The molecule has 1 N–H and O–H groups in total. The number of Topliss-reactive ketones (excluding diaryl/α,β-unsaturated/α-hetero) is 1. The van der Waals surface area contributed by atoms with Crippen molar-refractivity contribution in [3.8, 4) is 11.5 Å². The number of ether oxygens (including phenoxy) is 2. The molecule has 1 unspecified atom stereocenters. The summed E-state index contributed by atoms with van der Waals surface area (Å²) in [7, 11) is 0. The normalized spacial score (nSPS) is 11.8. The average molecular weight is 322 g/mol. The van der Waals surface area contributed by atoms with Crippen molar-refractivity contribution >= 4 is 5.78 Å². The molecular formula is C17H16F2O4. The van der Waals surface area contributed by atoms with Crippen molar-refractivity contribution in [3.63, 3.8) is 0 Å². The minimum atomic E-state index is -0.949. The van der Waals surface area contributed by atoms with Gasteiger partial charge in [0.1, 0.15) is 42.5 Å². The van der Waals surface area contributed by atoms with E-state index < -0.39 is 11.9 Å². The smallest absolute Gasteiger partial charge is 0.162 e. The number of benzene rings is 2. The molecule has 122 valence electrons. The van der Waals surface area contributed by atoms with Crippen LogP contribution in [0, 0.1) is 11.6 Å². The molecule has 6 heteroatoms. The van der Waals surface area contributed by atoms with Crippen LogP contribution >= 0.6 is 0 Å². The summed E-state index contributed by atoms with van der Waals surface area (Å²) in [6.45, 7) is 1.11. The lowest BCUT2D eigenvalue weighted by molar-refractivity contribution is 0.0625. The molecule has 4 nitrogen and oxygen atoms in total. The number of carbonyl (C=O) groups excluding carboxylic acids is 1. The predicted molar refractivity (Wildman–Crippen MR) is 79.8 cm³/mol. The maximum absolute atomic E-state index is 13.6. The van der Waals surface area contributed by atoms with E-state index in [1.807, 2.05) is 0 Å². The number of ketones is 1. The van der Waals surface area contributed by atoms with Gasteiger partial charge >= 0.3 is 0 Å². The van der Waals surface area contributed by atoms with E-state index in [1.165, 1.54) is 43.3 Å². The zero-order valence-electron chi connectivity index (χ0n) is 12.5. The van der Waals surface area contributed by atoms with E-state index in [9.17, 15) is 18.7 Å². The molecule has 2 rings (SSSR count). The summed E-state index contributed by atoms with van der Waals surface area (Å²) in [6, 6.07) is 9.25. The Bertz CT molecular complexity index is 671. The van der Waals surface area contributed by atoms with Gasteiger partial charge < -0.3 is 14.6 Å². The zero-order chi connectivity index (χ0) is 16.8. The first-order valence-corrected chi connectivity index (χ1v) is 6.95. The molecule has 0 spiro atoms. The molecular weight excluding hydrogens is 306 g/mol. The third-order valence-corrected chi connectivity index (χ3v) is 3.02. The van der Waals surface area contributed by atoms with Gasteiger partial charge in [-0.15, -0.1) is 0 Å². The van der Waals surface area contributed by atoms with E-state index >= 15 is 0 Å². The average Bonchev–Trinajstić information content (AvgIpc) is 2.52. The van der Waals surface area contributed by atoms with Crippen LogP contribution in [-0.2, 0) is 0 Å². The van der Waals surface area contributed by atoms with Gasteiger partial charge in [0.15, 0.2) is 5.78 Å². The standard InChI is InChI=1S/C17H16F2O4/c1-11(20)16-7-6-15(8-17(16)19)23-10-13(21)9-22-14-4-2-12(18)3-5-14/h2-8,13,21H,9-10H2,1H3. The van der Waals surface area contributed by atoms with Gasteiger partial charge in [-0.25, -0.2) is 8.78 Å². The van der Waals surface area contributed by atoms with E-state index in [0.717, 1.165) is 6.07 Å². The summed E-state index contributed by atoms with van der Waals surface area (Å²) in [5, 5.41) is 9.77. The summed E-state index contributed by atoms with van der Waals surface area (Å²) in [4.78, 5) is 11.1. The first kappa shape index (κ1) is 16.9. The van der Waals surface area contributed by atoms with Crippen molar-refractivity contribution in [1.29, 1.82) is 0 Å². The Morgan fingerprint density at radius 3 is 2.17 bits per heavy atom. The van der Waals surface area contributed by atoms with Crippen molar-refractivity contribution < 1.29 is 28.2 Å². The monoisotopic (exact) mass is 322 g/mol. The lowest BCUT2D eigenvalue weighted by Crippen LogP contribution is -2.25. The molecule has 0 aliphatic rings. The highest BCUT2D eigenvalue weighted by molar-refractivity contribution is 5.94. The Balaban J connectivity index is 1.82. The maximum atomic E-state index is 13.6. The summed E-state index contributed by atoms with van der Waals surface area (Å²) >= 11 is 0. The second kappa shape index (κ2) is 7.69. The van der Waals surface area contributed by atoms with Gasteiger partial charge in [-0.1, -0.05) is 0 Å². The first-order valence-electron chi connectivity index (χ1n) is 6.95. The SMILES string of the molecule is CC(=O)c1ccc(OCC(O)COc2ccc(F)cc2)cc1F. The number of aliphatic hydroxyl groups excluding tert-OH is 1. The number of hydrogen-bond acceptors (Lipinski definition) is 4. The van der Waals surface area contributed by atoms with E-state index in [4.69, 9.17) is 9.47 Å². The van der Waals surface area contributed by atoms with Crippen LogP contribution in [0.15, 0.2) is 42.5 Å². The van der Waals surface area contributed by atoms with E-state index in [2.05, 4.69) is 0 Å². The molecule has 0 heterocycles. The van der Waals surface area contributed by atoms with Gasteiger partial charge in [0, 0.05) is 6.07 Å². The molecule has 2 aromatic carbocycles. The highest BCUT2D eigenvalue weighted by atomic mass is 19.1. The van der Waals surface area contributed by atoms with Crippen molar-refractivity contribution in [1.82, 2.24) is 0 Å². The molecule has 0 bridgehead atoms. The third-order valence-electron chi connectivity index (χ3n) is 3.02. The van der Waals surface area contributed by atoms with Crippen molar-refractivity contribution in [2.45, 2.75) is 13.0 Å². The van der Waals surface area contributed by atoms with Crippen molar-refractivity contribution in [2.24, 2.45) is 0 Å². The summed E-state index contributed by atoms with van der Waals surface area (Å²) in [5.74, 6) is -0.804. The second-order valence-corrected chi connectivity index (χ2v) is 4.93. The van der Waals surface area contributed by atoms with E-state index in [1.54, 1.807) is 0 Å². The first-order chi connectivity index (χ1) is 11.0. The van der Waals surface area contributed by atoms with Gasteiger partial charge in [0.2, 0.25) is 0 Å². The third kappa shape index (κ3) is 5.03. The number of halogens is 2. The molecule has 0 radical (unpaired) electrons. The highest BCUT2D eigenvalue weighted by Crippen LogP contribution is 2.17. The Morgan fingerprint density at radius 1 is 1.04 bits per heavy atom. The molecule has 0 aliphatic carbocycles. The highest BCUT2D eigenvalue weighted by Gasteiger charge is 2.10. The van der Waals surface area contributed by atoms with Gasteiger partial charge in [0.05, 0.1) is 5.56 Å². The quantitative estimate of drug-likeness (QED) is 0.796. The van der Waals surface area contributed by atoms with Crippen LogP contribution in [0.3, 0.4) is 0 Å². The van der Waals surface area contributed by atoms with Gasteiger partial charge in [-0.2, -0.15) is 0 Å². The number of carbonyl (C=O) groups is 1. The molecule has 23 heavy (non-hydrogen) atoms. The molecule has 0 aromatic heterocycles. The summed E-state index contributed by atoms with van der Waals surface area (Å²) in [6.07, 6.45) is -0.949. The summed E-state index contributed by atoms with van der Waals surface area (Å²) < 4.78 is 36.9. The molecule has 0 fully saturated rings. The minimum Gasteiger partial charge on any atom is -0.491 e. The molecule has 1 atom stereocenters. The topological polar surface area (TPSA) is 55.8 Å². The van der Waals surface area contributed by atoms with E-state index in [0.29, 0.717) is 5.75 Å². The van der Waals surface area contributed by atoms with E-state index in [-0.39, 0.29) is 36.1 Å². The maximum Gasteiger partial charge on any atom is 0.162 e. The molecule has 0 aliphatic heterocycles. The number of hydrogen-bond donors (Lipinski definition) is 1. The van der Waals surface area contributed by atoms with Gasteiger partial charge in [-0.05, 0) is 43.3 Å². The Labute approximate surface area is 132 Å². The lowest BCUT2D eigenvalue weighted by atomic mass is 10.1. The Kier molecular flexibility index (Phi) is 5.65. The molecule has 0 amide bonds. The van der Waals surface area contributed by atoms with Gasteiger partial charge in [0.25, 0.3) is 0 Å². The Hall–Kier alpha value is -2.47. The fourth-order valence-corrected chi connectivity index (χ4v) is 1.83. The fraction of sp³-hybridized carbons (Fsp3) is 0.235. The predicted octanol–water partition coefficient (Wildman–Crippen LogP) is 2.99. The lowest BCUT2D eigenvalue weighted by Gasteiger charge is -2.14. The van der Waals surface area contributed by atoms with Crippen molar-refractivity contribution in [3.05, 3.63) is 59.7 Å². The Morgan fingerprint density at radius 2 is 1.61 bits per heavy atom. The molecule has 0 saturated heterocycles. The largest absolute Gasteiger partial charge is 0.491 e. The van der Waals surface area contributed by atoms with Crippen molar-refractivity contribution in [2.75, 3.05) is 13.2 Å². The van der Waals surface area contributed by atoms with Crippen LogP contribution in [0.2, 0.25) is 0 Å². The minimum absolute atomic E-state index is 0.0162. The molecule has 2 aromatic rings. The fourth-order valence-electron chi connectivity index (χ4n) is 1.83. The summed E-state index contributed by atoms with van der Waals surface area (Å²) in [5.41, 5.74) is -0.0162. The van der Waals surface area contributed by atoms with Crippen LogP contribution in [0.1, 0.15) is 17.3 Å². The van der Waals surface area contributed by atoms with Gasteiger partial charge in [-0.3, -0.25) is 4.79 Å². The van der Waals surface area contributed by atoms with Crippen LogP contribution in [-0.4, -0.2) is 30.2 Å². The number of rotatable bonds is 7. The number of aliphatic hydroxyl groups is 1. The molecule has 0 saturated carbocycles. The second-order valence-electron chi connectivity index (χ2n) is 4.93. The van der Waals surface area contributed by atoms with Crippen LogP contribution in [0.5, 0.6) is 11.5 Å².